The fourth-order valence-corrected chi connectivity index (χ4v) is 6.25. The Morgan fingerprint density at radius 3 is 2.50 bits per heavy atom. The van der Waals surface area contributed by atoms with Crippen LogP contribution in [-0.4, -0.2) is 72.3 Å². The molecule has 0 saturated carbocycles. The molecule has 144 valence electrons. The second-order valence-electron chi connectivity index (χ2n) is 7.94. The van der Waals surface area contributed by atoms with Crippen molar-refractivity contribution in [3.05, 3.63) is 33.2 Å². The number of nitrogens with one attached hydrogen (secondary N) is 1. The van der Waals surface area contributed by atoms with Crippen molar-refractivity contribution in [3.8, 4) is 0 Å². The van der Waals surface area contributed by atoms with Crippen molar-refractivity contribution >= 4 is 15.7 Å². The molecule has 2 fully saturated rings. The number of sulfone groups is 1. The molecule has 2 aliphatic rings. The third kappa shape index (κ3) is 3.57. The maximum Gasteiger partial charge on any atom is 0.261 e. The molecule has 0 aromatic carbocycles. The van der Waals surface area contributed by atoms with E-state index in [0.29, 0.717) is 30.3 Å². The first-order valence-corrected chi connectivity index (χ1v) is 10.9. The van der Waals surface area contributed by atoms with Crippen LogP contribution in [0.25, 0.3) is 0 Å². The average Bonchev–Trinajstić information content (AvgIpc) is 2.81. The molecule has 26 heavy (non-hydrogen) atoms. The summed E-state index contributed by atoms with van der Waals surface area (Å²) in [6.45, 7) is 9.60. The number of pyridine rings is 1. The monoisotopic (exact) mass is 381 g/mol. The van der Waals surface area contributed by atoms with Gasteiger partial charge in [-0.1, -0.05) is 13.8 Å². The Labute approximate surface area is 154 Å². The van der Waals surface area contributed by atoms with Crippen LogP contribution in [0.1, 0.15) is 35.5 Å². The Morgan fingerprint density at radius 1 is 1.23 bits per heavy atom. The van der Waals surface area contributed by atoms with E-state index < -0.39 is 15.4 Å². The normalized spacial score (nSPS) is 25.5. The number of rotatable bonds is 3. The summed E-state index contributed by atoms with van der Waals surface area (Å²) < 4.78 is 24.6. The van der Waals surface area contributed by atoms with Crippen LogP contribution in [0.5, 0.6) is 0 Å². The molecule has 1 aromatic heterocycles. The molecule has 0 bridgehead atoms. The van der Waals surface area contributed by atoms with Crippen LogP contribution in [-0.2, 0) is 9.84 Å². The van der Waals surface area contributed by atoms with Gasteiger partial charge < -0.3 is 9.88 Å². The summed E-state index contributed by atoms with van der Waals surface area (Å²) in [6, 6.07) is 1.19. The number of carbonyl (C=O) groups excluding carboxylic acids is 1. The summed E-state index contributed by atoms with van der Waals surface area (Å²) in [5, 5.41) is 0. The first-order valence-electron chi connectivity index (χ1n) is 9.05. The zero-order chi connectivity index (χ0) is 19.2. The highest BCUT2D eigenvalue weighted by Gasteiger charge is 2.48. The van der Waals surface area contributed by atoms with E-state index in [2.05, 4.69) is 23.7 Å². The van der Waals surface area contributed by atoms with Crippen LogP contribution >= 0.6 is 0 Å². The standard InChI is InChI=1S/C18H27N3O4S/c1-11(2)8-20-5-6-21(15-10-26(24,25)9-14(15)20)18(23)16-12(3)7-13(4)19-17(16)22/h7,11,14-15H,5-6,8-10H2,1-4H3,(H,19,22)/t14-,15+/m0/s1. The van der Waals surface area contributed by atoms with E-state index in [1.54, 1.807) is 24.8 Å². The highest BCUT2D eigenvalue weighted by molar-refractivity contribution is 7.91. The fraction of sp³-hybridized carbons (Fsp3) is 0.667. The van der Waals surface area contributed by atoms with Crippen LogP contribution in [0.15, 0.2) is 10.9 Å². The Hall–Kier alpha value is -1.67. The van der Waals surface area contributed by atoms with Gasteiger partial charge in [-0.25, -0.2) is 8.42 Å². The minimum Gasteiger partial charge on any atom is -0.332 e. The summed E-state index contributed by atoms with van der Waals surface area (Å²) >= 11 is 0. The lowest BCUT2D eigenvalue weighted by Crippen LogP contribution is -2.61. The number of aromatic nitrogens is 1. The van der Waals surface area contributed by atoms with Gasteiger partial charge in [0, 0.05) is 31.4 Å². The SMILES string of the molecule is Cc1cc(C)c(C(=O)N2CCN(CC(C)C)[C@H]3CS(=O)(=O)C[C@H]32)c(=O)[nH]1. The number of hydrogen-bond acceptors (Lipinski definition) is 5. The molecule has 1 amide bonds. The van der Waals surface area contributed by atoms with Crippen molar-refractivity contribution in [1.29, 1.82) is 0 Å². The topological polar surface area (TPSA) is 90.6 Å². The minimum absolute atomic E-state index is 0.0270. The molecule has 1 aromatic rings. The molecule has 3 heterocycles. The number of carbonyl (C=O) groups is 1. The number of aromatic amines is 1. The number of fused-ring (bicyclic) bond motifs is 1. The molecule has 0 aliphatic carbocycles. The zero-order valence-corrected chi connectivity index (χ0v) is 16.6. The van der Waals surface area contributed by atoms with Crippen molar-refractivity contribution in [3.63, 3.8) is 0 Å². The molecule has 0 spiro atoms. The third-order valence-electron chi connectivity index (χ3n) is 5.23. The largest absolute Gasteiger partial charge is 0.332 e. The maximum atomic E-state index is 13.1. The van der Waals surface area contributed by atoms with E-state index in [1.807, 2.05) is 0 Å². The molecule has 0 unspecified atom stereocenters. The molecule has 2 aliphatic heterocycles. The lowest BCUT2D eigenvalue weighted by atomic mass is 10.0. The Balaban J connectivity index is 1.94. The van der Waals surface area contributed by atoms with Crippen LogP contribution in [0, 0.1) is 19.8 Å². The first-order chi connectivity index (χ1) is 12.1. The minimum atomic E-state index is -3.19. The predicted molar refractivity (Wildman–Crippen MR) is 100 cm³/mol. The van der Waals surface area contributed by atoms with E-state index in [0.717, 1.165) is 6.54 Å². The van der Waals surface area contributed by atoms with Gasteiger partial charge in [-0.3, -0.25) is 14.5 Å². The van der Waals surface area contributed by atoms with Gasteiger partial charge in [-0.05, 0) is 31.4 Å². The van der Waals surface area contributed by atoms with Gasteiger partial charge in [0.1, 0.15) is 5.56 Å². The molecule has 2 saturated heterocycles. The number of nitrogens with zero attached hydrogens (tertiary/aromatic N) is 2. The highest BCUT2D eigenvalue weighted by atomic mass is 32.2. The van der Waals surface area contributed by atoms with Gasteiger partial charge in [0.2, 0.25) is 0 Å². The van der Waals surface area contributed by atoms with E-state index in [4.69, 9.17) is 0 Å². The molecule has 0 radical (unpaired) electrons. The van der Waals surface area contributed by atoms with E-state index in [1.165, 1.54) is 0 Å². The molecule has 3 rings (SSSR count). The molecular weight excluding hydrogens is 354 g/mol. The number of piperazine rings is 1. The molecule has 1 N–H and O–H groups in total. The van der Waals surface area contributed by atoms with Gasteiger partial charge in [0.05, 0.1) is 17.5 Å². The summed E-state index contributed by atoms with van der Waals surface area (Å²) in [7, 11) is -3.19. The zero-order valence-electron chi connectivity index (χ0n) is 15.8. The van der Waals surface area contributed by atoms with Crippen molar-refractivity contribution in [2.45, 2.75) is 39.8 Å². The number of aryl methyl sites for hydroxylation is 2. The van der Waals surface area contributed by atoms with Gasteiger partial charge in [-0.15, -0.1) is 0 Å². The first kappa shape index (κ1) is 19.1. The number of H-pyrrole nitrogens is 1. The van der Waals surface area contributed by atoms with E-state index >= 15 is 0 Å². The van der Waals surface area contributed by atoms with Crippen LogP contribution < -0.4 is 5.56 Å². The smallest absolute Gasteiger partial charge is 0.261 e. The Bertz CT molecular complexity index is 875. The second-order valence-corrected chi connectivity index (χ2v) is 10.1. The van der Waals surface area contributed by atoms with Gasteiger partial charge in [-0.2, -0.15) is 0 Å². The Morgan fingerprint density at radius 2 is 1.88 bits per heavy atom. The summed E-state index contributed by atoms with van der Waals surface area (Å²) in [5.74, 6) is 0.113. The lowest BCUT2D eigenvalue weighted by Gasteiger charge is -2.44. The van der Waals surface area contributed by atoms with Gasteiger partial charge >= 0.3 is 0 Å². The lowest BCUT2D eigenvalue weighted by molar-refractivity contribution is 0.0295. The average molecular weight is 381 g/mol. The van der Waals surface area contributed by atoms with E-state index in [-0.39, 0.29) is 35.1 Å². The summed E-state index contributed by atoms with van der Waals surface area (Å²) in [4.78, 5) is 31.9. The van der Waals surface area contributed by atoms with Gasteiger partial charge in [0.25, 0.3) is 11.5 Å². The van der Waals surface area contributed by atoms with Crippen molar-refractivity contribution in [2.75, 3.05) is 31.1 Å². The molecule has 7 nitrogen and oxygen atoms in total. The molecule has 2 atom stereocenters. The third-order valence-corrected chi connectivity index (χ3v) is 6.93. The van der Waals surface area contributed by atoms with Crippen molar-refractivity contribution < 1.29 is 13.2 Å². The second kappa shape index (κ2) is 6.81. The number of hydrogen-bond donors (Lipinski definition) is 1. The Kier molecular flexibility index (Phi) is 5.00. The highest BCUT2D eigenvalue weighted by Crippen LogP contribution is 2.28. The molecular formula is C18H27N3O4S. The van der Waals surface area contributed by atoms with Crippen molar-refractivity contribution in [2.24, 2.45) is 5.92 Å². The van der Waals surface area contributed by atoms with Crippen LogP contribution in [0.3, 0.4) is 0 Å². The molecule has 8 heteroatoms. The van der Waals surface area contributed by atoms with Crippen LogP contribution in [0.4, 0.5) is 0 Å². The maximum absolute atomic E-state index is 13.1. The summed E-state index contributed by atoms with van der Waals surface area (Å²) in [6.07, 6.45) is 0. The fourth-order valence-electron chi connectivity index (χ4n) is 4.24. The number of amides is 1. The quantitative estimate of drug-likeness (QED) is 0.827. The summed E-state index contributed by atoms with van der Waals surface area (Å²) in [5.41, 5.74) is 1.04. The van der Waals surface area contributed by atoms with Gasteiger partial charge in [0.15, 0.2) is 9.84 Å². The van der Waals surface area contributed by atoms with Crippen molar-refractivity contribution in [1.82, 2.24) is 14.8 Å². The predicted octanol–water partition coefficient (Wildman–Crippen LogP) is 0.571. The van der Waals surface area contributed by atoms with E-state index in [9.17, 15) is 18.0 Å². The van der Waals surface area contributed by atoms with Crippen LogP contribution in [0.2, 0.25) is 0 Å².